The largest absolute Gasteiger partial charge is 0.389 e. The molecule has 0 saturated heterocycles. The zero-order valence-corrected chi connectivity index (χ0v) is 23.9. The van der Waals surface area contributed by atoms with Gasteiger partial charge in [-0.25, -0.2) is 9.97 Å². The second-order valence-corrected chi connectivity index (χ2v) is 9.58. The van der Waals surface area contributed by atoms with Crippen LogP contribution < -0.4 is 26.4 Å². The maximum absolute atomic E-state index is 12.9. The number of β-amino-alcohol motifs (C(OH)–C–C–N with tert-alkyl or cyclic N) is 2. The number of hydrogen-bond acceptors (Lipinski definition) is 11. The number of aromatic nitrogens is 4. The average Bonchev–Trinajstić information content (AvgIpc) is 3.00. The van der Waals surface area contributed by atoms with Crippen LogP contribution in [0.5, 0.6) is 0 Å². The van der Waals surface area contributed by atoms with Gasteiger partial charge in [-0.1, -0.05) is 48.5 Å². The zero-order chi connectivity index (χ0) is 28.8. The number of benzene rings is 2. The number of para-hydroxylation sites is 1. The minimum atomic E-state index is -0.727. The molecule has 42 heavy (non-hydrogen) atoms. The Morgan fingerprint density at radius 1 is 1.00 bits per heavy atom. The molecule has 2 aliphatic rings. The molecule has 0 bridgehead atoms. The molecule has 0 amide bonds. The fourth-order valence-electron chi connectivity index (χ4n) is 4.60. The van der Waals surface area contributed by atoms with E-state index >= 15 is 0 Å². The summed E-state index contributed by atoms with van der Waals surface area (Å²) >= 11 is 0. The van der Waals surface area contributed by atoms with Gasteiger partial charge in [-0.15, -0.1) is 12.4 Å². The summed E-state index contributed by atoms with van der Waals surface area (Å²) in [6, 6.07) is 22.8. The smallest absolute Gasteiger partial charge is 0.255 e. The Morgan fingerprint density at radius 3 is 2.36 bits per heavy atom. The summed E-state index contributed by atoms with van der Waals surface area (Å²) in [6.07, 6.45) is 0.602. The molecule has 2 unspecified atom stereocenters. The number of guanidine groups is 1. The van der Waals surface area contributed by atoms with Crippen molar-refractivity contribution in [2.45, 2.75) is 25.7 Å². The van der Waals surface area contributed by atoms with Crippen LogP contribution in [0.25, 0.3) is 11.3 Å². The molecule has 0 saturated carbocycles. The summed E-state index contributed by atoms with van der Waals surface area (Å²) in [5, 5.41) is 22.0. The Morgan fingerprint density at radius 2 is 1.71 bits per heavy atom. The Hall–Kier alpha value is -4.52. The molecule has 220 valence electrons. The van der Waals surface area contributed by atoms with Crippen LogP contribution in [0, 0.1) is 0 Å². The highest BCUT2D eigenvalue weighted by Gasteiger charge is 2.28. The number of rotatable bonds is 5. The molecule has 5 N–H and O–H groups in total. The second-order valence-electron chi connectivity index (χ2n) is 9.58. The molecule has 4 heterocycles. The second kappa shape index (κ2) is 13.9. The minimum absolute atomic E-state index is 0. The van der Waals surface area contributed by atoms with E-state index in [-0.39, 0.29) is 37.2 Å². The van der Waals surface area contributed by atoms with Gasteiger partial charge in [0.05, 0.1) is 37.5 Å². The average molecular weight is 592 g/mol. The quantitative estimate of drug-likeness (QED) is 0.271. The van der Waals surface area contributed by atoms with Gasteiger partial charge in [0.1, 0.15) is 5.82 Å². The fraction of sp³-hybridized carbons (Fsp3) is 0.276. The Kier molecular flexibility index (Phi) is 10.1. The Labute approximate surface area is 249 Å². The molecule has 4 aromatic rings. The first kappa shape index (κ1) is 30.4. The van der Waals surface area contributed by atoms with Gasteiger partial charge in [0.25, 0.3) is 5.56 Å². The van der Waals surface area contributed by atoms with E-state index in [0.717, 1.165) is 11.3 Å². The van der Waals surface area contributed by atoms with E-state index in [1.165, 1.54) is 10.6 Å². The van der Waals surface area contributed by atoms with Crippen LogP contribution in [0.2, 0.25) is 0 Å². The van der Waals surface area contributed by atoms with E-state index in [9.17, 15) is 9.90 Å². The van der Waals surface area contributed by atoms with Crippen LogP contribution in [0.1, 0.15) is 6.92 Å². The van der Waals surface area contributed by atoms with E-state index < -0.39 is 6.10 Å². The van der Waals surface area contributed by atoms with Crippen molar-refractivity contribution in [3.05, 3.63) is 89.3 Å². The number of hydrogen-bond donors (Lipinski definition) is 4. The van der Waals surface area contributed by atoms with E-state index in [2.05, 4.69) is 15.3 Å². The number of nitrogens with two attached hydrogens (primary N) is 1. The molecule has 0 aliphatic carbocycles. The van der Waals surface area contributed by atoms with Crippen molar-refractivity contribution < 1.29 is 10.2 Å². The molecule has 2 atom stereocenters. The van der Waals surface area contributed by atoms with Crippen molar-refractivity contribution in [1.82, 2.24) is 24.8 Å². The summed E-state index contributed by atoms with van der Waals surface area (Å²) in [7, 11) is 0. The molecule has 2 aliphatic heterocycles. The Balaban J connectivity index is 0.000000391. The van der Waals surface area contributed by atoms with E-state index in [1.807, 2.05) is 72.5 Å². The first-order chi connectivity index (χ1) is 19.9. The number of nitrogens with one attached hydrogen (secondary N) is 1. The number of halogens is 1. The summed E-state index contributed by atoms with van der Waals surface area (Å²) in [4.78, 5) is 34.5. The molecule has 6 rings (SSSR count). The molecule has 13 heteroatoms. The number of aliphatic imine (C=N–C) groups is 1. The number of aliphatic hydroxyl groups excluding tert-OH is 2. The third-order valence-corrected chi connectivity index (χ3v) is 6.61. The van der Waals surface area contributed by atoms with Crippen LogP contribution in [-0.2, 0) is 6.54 Å². The van der Waals surface area contributed by atoms with Gasteiger partial charge in [0.2, 0.25) is 11.9 Å². The van der Waals surface area contributed by atoms with E-state index in [0.29, 0.717) is 49.0 Å². The van der Waals surface area contributed by atoms with Crippen LogP contribution in [0.15, 0.2) is 88.8 Å². The Bertz CT molecular complexity index is 1550. The minimum Gasteiger partial charge on any atom is -0.389 e. The van der Waals surface area contributed by atoms with Gasteiger partial charge >= 0.3 is 0 Å². The number of nitrogens with zero attached hydrogens (tertiary/aromatic N) is 7. The molecular weight excluding hydrogens is 558 g/mol. The van der Waals surface area contributed by atoms with Crippen LogP contribution in [0.3, 0.4) is 0 Å². The molecule has 12 nitrogen and oxygen atoms in total. The maximum Gasteiger partial charge on any atom is 0.255 e. The van der Waals surface area contributed by atoms with Crippen molar-refractivity contribution in [2.24, 2.45) is 10.7 Å². The van der Waals surface area contributed by atoms with Crippen molar-refractivity contribution >= 4 is 41.8 Å². The monoisotopic (exact) mass is 591 g/mol. The van der Waals surface area contributed by atoms with Crippen LogP contribution in [0.4, 0.5) is 23.4 Å². The van der Waals surface area contributed by atoms with Gasteiger partial charge in [-0.05, 0) is 25.1 Å². The fourth-order valence-corrected chi connectivity index (χ4v) is 4.60. The van der Waals surface area contributed by atoms with Crippen molar-refractivity contribution in [3.8, 4) is 11.3 Å². The summed E-state index contributed by atoms with van der Waals surface area (Å²) in [6.45, 7) is 4.14. The molecular formula is C29H34ClN9O3. The topological polar surface area (TPSA) is 158 Å². The molecule has 0 fully saturated rings. The number of fused-ring (bicyclic) bond motifs is 1. The van der Waals surface area contributed by atoms with Crippen molar-refractivity contribution in [1.29, 1.82) is 0 Å². The predicted molar refractivity (Wildman–Crippen MR) is 166 cm³/mol. The highest BCUT2D eigenvalue weighted by molar-refractivity contribution is 5.85. The standard InChI is InChI=1S/C25H24N6O2.C4H9N3O.ClH/c1-2-29(19-11-7-4-8-12-19)24-26-14-13-22(28-24)30-16-20(32)17-31-23(33)15-21(27-25(30)31)18-9-5-3-6-10-18;5-4-6-1-3(8)2-7-4;/h3-15,20,32H,2,16-17H2,1H3;3,8H,1-2H2,(H3,5,6,7);1H. The van der Waals surface area contributed by atoms with Gasteiger partial charge in [0, 0.05) is 36.6 Å². The normalized spacial score (nSPS) is 17.4. The third kappa shape index (κ3) is 7.03. The lowest BCUT2D eigenvalue weighted by atomic mass is 10.1. The highest BCUT2D eigenvalue weighted by atomic mass is 35.5. The number of aliphatic hydroxyl groups is 2. The lowest BCUT2D eigenvalue weighted by Gasteiger charge is -2.33. The van der Waals surface area contributed by atoms with Gasteiger partial charge in [-0.2, -0.15) is 4.98 Å². The van der Waals surface area contributed by atoms with E-state index in [1.54, 1.807) is 17.2 Å². The number of anilines is 4. The SMILES string of the molecule is CCN(c1ccccc1)c1nccc(N2CC(O)Cn3c2nc(-c2ccccc2)cc3=O)n1.Cl.NC1=NCC(O)CN1. The third-order valence-electron chi connectivity index (χ3n) is 6.61. The molecule has 0 spiro atoms. The lowest BCUT2D eigenvalue weighted by Crippen LogP contribution is -2.44. The first-order valence-corrected chi connectivity index (χ1v) is 13.4. The highest BCUT2D eigenvalue weighted by Crippen LogP contribution is 2.29. The van der Waals surface area contributed by atoms with Crippen LogP contribution >= 0.6 is 12.4 Å². The van der Waals surface area contributed by atoms with E-state index in [4.69, 9.17) is 20.8 Å². The molecule has 2 aromatic carbocycles. The van der Waals surface area contributed by atoms with Gasteiger partial charge in [0.15, 0.2) is 5.96 Å². The summed E-state index contributed by atoms with van der Waals surface area (Å²) in [5.41, 5.74) is 7.44. The summed E-state index contributed by atoms with van der Waals surface area (Å²) < 4.78 is 1.50. The lowest BCUT2D eigenvalue weighted by molar-refractivity contribution is 0.150. The van der Waals surface area contributed by atoms with Gasteiger partial charge in [-0.3, -0.25) is 19.3 Å². The molecule has 0 radical (unpaired) electrons. The summed E-state index contributed by atoms with van der Waals surface area (Å²) in [5.74, 6) is 1.99. The zero-order valence-electron chi connectivity index (χ0n) is 23.1. The van der Waals surface area contributed by atoms with Crippen molar-refractivity contribution in [3.63, 3.8) is 0 Å². The van der Waals surface area contributed by atoms with Crippen molar-refractivity contribution in [2.75, 3.05) is 36.0 Å². The molecule has 2 aromatic heterocycles. The predicted octanol–water partition coefficient (Wildman–Crippen LogP) is 2.06. The van der Waals surface area contributed by atoms with Gasteiger partial charge < -0.3 is 26.2 Å². The maximum atomic E-state index is 12.9. The van der Waals surface area contributed by atoms with Crippen LogP contribution in [-0.4, -0.2) is 74.1 Å². The first-order valence-electron chi connectivity index (χ1n) is 13.4.